The number of hydrogen-bond acceptors (Lipinski definition) is 4. The molecule has 1 aliphatic heterocycles. The summed E-state index contributed by atoms with van der Waals surface area (Å²) >= 11 is 6.12. The molecule has 2 aliphatic rings. The molecule has 0 aromatic heterocycles. The van der Waals surface area contributed by atoms with Gasteiger partial charge in [-0.05, 0) is 76.7 Å². The predicted molar refractivity (Wildman–Crippen MR) is 117 cm³/mol. The van der Waals surface area contributed by atoms with E-state index in [9.17, 15) is 4.79 Å². The maximum absolute atomic E-state index is 12.3. The molecule has 0 atom stereocenters. The Hall–Kier alpha value is -1.10. The van der Waals surface area contributed by atoms with Crippen molar-refractivity contribution >= 4 is 23.1 Å². The second-order valence-corrected chi connectivity index (χ2v) is 8.70. The van der Waals surface area contributed by atoms with E-state index in [0.29, 0.717) is 17.5 Å². The van der Waals surface area contributed by atoms with E-state index in [1.807, 2.05) is 25.1 Å². The molecule has 1 aliphatic carbocycles. The van der Waals surface area contributed by atoms with Crippen molar-refractivity contribution in [3.05, 3.63) is 28.8 Å². The van der Waals surface area contributed by atoms with Crippen molar-refractivity contribution in [2.75, 3.05) is 38.2 Å². The number of benzene rings is 1. The molecule has 4 nitrogen and oxygen atoms in total. The summed E-state index contributed by atoms with van der Waals surface area (Å²) in [6.45, 7) is 5.86. The van der Waals surface area contributed by atoms with Crippen LogP contribution < -0.4 is 4.90 Å². The zero-order valence-electron chi connectivity index (χ0n) is 17.5. The van der Waals surface area contributed by atoms with Crippen LogP contribution in [0.5, 0.6) is 0 Å². The van der Waals surface area contributed by atoms with Crippen molar-refractivity contribution in [2.45, 2.75) is 70.4 Å². The maximum atomic E-state index is 12.3. The lowest BCUT2D eigenvalue weighted by molar-refractivity contribution is 0.0345. The van der Waals surface area contributed by atoms with Gasteiger partial charge in [-0.3, -0.25) is 4.79 Å². The highest BCUT2D eigenvalue weighted by Crippen LogP contribution is 2.29. The number of unbranched alkanes of at least 4 members (excludes halogenated alkanes) is 2. The SMILES string of the molecule is CCC(=O)c1cc(Cl)ccc1N1CCC(OCCCCCN(C)C2CC2)CC1. The molecule has 1 heterocycles. The Kier molecular flexibility index (Phi) is 8.19. The van der Waals surface area contributed by atoms with Gasteiger partial charge in [0.15, 0.2) is 5.78 Å². The minimum absolute atomic E-state index is 0.156. The van der Waals surface area contributed by atoms with Crippen molar-refractivity contribution in [3.8, 4) is 0 Å². The first-order valence-electron chi connectivity index (χ1n) is 11.0. The molecule has 5 heteroatoms. The van der Waals surface area contributed by atoms with Crippen LogP contribution in [0.4, 0.5) is 5.69 Å². The third kappa shape index (κ3) is 6.20. The molecule has 1 saturated heterocycles. The first kappa shape index (κ1) is 21.6. The molecule has 0 amide bonds. The van der Waals surface area contributed by atoms with Crippen molar-refractivity contribution in [1.82, 2.24) is 4.90 Å². The maximum Gasteiger partial charge on any atom is 0.164 e. The Balaban J connectivity index is 1.36. The summed E-state index contributed by atoms with van der Waals surface area (Å²) < 4.78 is 6.12. The molecule has 2 fully saturated rings. The van der Waals surface area contributed by atoms with Crippen LogP contribution in [0.25, 0.3) is 0 Å². The van der Waals surface area contributed by atoms with E-state index in [1.54, 1.807) is 0 Å². The lowest BCUT2D eigenvalue weighted by Crippen LogP contribution is -2.38. The fourth-order valence-corrected chi connectivity index (χ4v) is 4.22. The van der Waals surface area contributed by atoms with Gasteiger partial charge in [-0.1, -0.05) is 18.5 Å². The van der Waals surface area contributed by atoms with E-state index in [1.165, 1.54) is 32.2 Å². The number of carbonyl (C=O) groups excluding carboxylic acids is 1. The van der Waals surface area contributed by atoms with E-state index in [0.717, 1.165) is 56.3 Å². The van der Waals surface area contributed by atoms with Crippen molar-refractivity contribution in [2.24, 2.45) is 0 Å². The number of carbonyl (C=O) groups is 1. The monoisotopic (exact) mass is 406 g/mol. The van der Waals surface area contributed by atoms with Gasteiger partial charge in [0.05, 0.1) is 6.10 Å². The summed E-state index contributed by atoms with van der Waals surface area (Å²) in [6.07, 6.45) is 9.37. The number of ether oxygens (including phenoxy) is 1. The van der Waals surface area contributed by atoms with Crippen LogP contribution in [0.15, 0.2) is 18.2 Å². The van der Waals surface area contributed by atoms with Crippen LogP contribution in [0.1, 0.15) is 68.6 Å². The number of ketones is 1. The van der Waals surface area contributed by atoms with Crippen LogP contribution in [-0.2, 0) is 4.74 Å². The minimum Gasteiger partial charge on any atom is -0.378 e. The normalized spacial score (nSPS) is 18.1. The van der Waals surface area contributed by atoms with Crippen LogP contribution in [0.3, 0.4) is 0 Å². The van der Waals surface area contributed by atoms with Gasteiger partial charge in [-0.15, -0.1) is 0 Å². The second kappa shape index (κ2) is 10.6. The van der Waals surface area contributed by atoms with Gasteiger partial charge in [0, 0.05) is 48.4 Å². The van der Waals surface area contributed by atoms with Crippen LogP contribution >= 0.6 is 11.6 Å². The summed E-state index contributed by atoms with van der Waals surface area (Å²) in [7, 11) is 2.25. The average Bonchev–Trinajstić information content (AvgIpc) is 3.56. The highest BCUT2D eigenvalue weighted by Gasteiger charge is 2.25. The molecule has 0 unspecified atom stereocenters. The molecule has 156 valence electrons. The zero-order valence-corrected chi connectivity index (χ0v) is 18.2. The van der Waals surface area contributed by atoms with E-state index in [4.69, 9.17) is 16.3 Å². The summed E-state index contributed by atoms with van der Waals surface area (Å²) in [4.78, 5) is 17.1. The smallest absolute Gasteiger partial charge is 0.164 e. The Bertz CT molecular complexity index is 639. The van der Waals surface area contributed by atoms with Gasteiger partial charge in [0.25, 0.3) is 0 Å². The Labute approximate surface area is 175 Å². The number of halogens is 1. The lowest BCUT2D eigenvalue weighted by atomic mass is 10.0. The number of hydrogen-bond donors (Lipinski definition) is 0. The Morgan fingerprint density at radius 1 is 1.18 bits per heavy atom. The summed E-state index contributed by atoms with van der Waals surface area (Å²) in [5.74, 6) is 0.156. The van der Waals surface area contributed by atoms with Crippen molar-refractivity contribution in [1.29, 1.82) is 0 Å². The molecular formula is C23H35ClN2O2. The highest BCUT2D eigenvalue weighted by molar-refractivity contribution is 6.31. The first-order chi connectivity index (χ1) is 13.6. The fourth-order valence-electron chi connectivity index (χ4n) is 4.05. The molecule has 1 saturated carbocycles. The first-order valence-corrected chi connectivity index (χ1v) is 11.4. The standard InChI is InChI=1S/C23H35ClN2O2/c1-3-23(27)21-17-18(24)7-10-22(21)26-14-11-20(12-15-26)28-16-6-4-5-13-25(2)19-8-9-19/h7,10,17,19-20H,3-6,8-9,11-16H2,1-2H3. The summed E-state index contributed by atoms with van der Waals surface area (Å²) in [5, 5.41) is 0.627. The molecular weight excluding hydrogens is 372 g/mol. The van der Waals surface area contributed by atoms with Gasteiger partial charge in [-0.2, -0.15) is 0 Å². The number of piperidine rings is 1. The third-order valence-electron chi connectivity index (χ3n) is 6.04. The molecule has 28 heavy (non-hydrogen) atoms. The Morgan fingerprint density at radius 2 is 1.93 bits per heavy atom. The molecule has 0 bridgehead atoms. The Morgan fingerprint density at radius 3 is 2.61 bits per heavy atom. The van der Waals surface area contributed by atoms with Gasteiger partial charge < -0.3 is 14.5 Å². The molecule has 0 spiro atoms. The molecule has 0 radical (unpaired) electrons. The largest absolute Gasteiger partial charge is 0.378 e. The van der Waals surface area contributed by atoms with Gasteiger partial charge >= 0.3 is 0 Å². The second-order valence-electron chi connectivity index (χ2n) is 8.27. The predicted octanol–water partition coefficient (Wildman–Crippen LogP) is 5.18. The number of rotatable bonds is 11. The lowest BCUT2D eigenvalue weighted by Gasteiger charge is -2.34. The van der Waals surface area contributed by atoms with Crippen LogP contribution in [0.2, 0.25) is 5.02 Å². The molecule has 0 N–H and O–H groups in total. The fraction of sp³-hybridized carbons (Fsp3) is 0.696. The van der Waals surface area contributed by atoms with Gasteiger partial charge in [-0.25, -0.2) is 0 Å². The van der Waals surface area contributed by atoms with E-state index < -0.39 is 0 Å². The number of nitrogens with zero attached hydrogens (tertiary/aromatic N) is 2. The quantitative estimate of drug-likeness (QED) is 0.374. The van der Waals surface area contributed by atoms with Crippen LogP contribution in [-0.4, -0.2) is 56.1 Å². The van der Waals surface area contributed by atoms with Crippen molar-refractivity contribution in [3.63, 3.8) is 0 Å². The van der Waals surface area contributed by atoms with Gasteiger partial charge in [0.1, 0.15) is 0 Å². The van der Waals surface area contributed by atoms with Crippen LogP contribution in [0, 0.1) is 0 Å². The minimum atomic E-state index is 0.156. The highest BCUT2D eigenvalue weighted by atomic mass is 35.5. The van der Waals surface area contributed by atoms with Gasteiger partial charge in [0.2, 0.25) is 0 Å². The third-order valence-corrected chi connectivity index (χ3v) is 6.28. The number of anilines is 1. The van der Waals surface area contributed by atoms with E-state index in [-0.39, 0.29) is 5.78 Å². The molecule has 3 rings (SSSR count). The topological polar surface area (TPSA) is 32.8 Å². The average molecular weight is 407 g/mol. The zero-order chi connectivity index (χ0) is 19.9. The van der Waals surface area contributed by atoms with Crippen molar-refractivity contribution < 1.29 is 9.53 Å². The van der Waals surface area contributed by atoms with E-state index in [2.05, 4.69) is 16.8 Å². The molecule has 1 aromatic rings. The number of Topliss-reactive ketones (excluding diaryl/α,β-unsaturated/α-hetero) is 1. The summed E-state index contributed by atoms with van der Waals surface area (Å²) in [6, 6.07) is 6.55. The van der Waals surface area contributed by atoms with E-state index >= 15 is 0 Å². The summed E-state index contributed by atoms with van der Waals surface area (Å²) in [5.41, 5.74) is 1.78. The molecule has 1 aromatic carbocycles.